The van der Waals surface area contributed by atoms with Gasteiger partial charge in [-0.25, -0.2) is 0 Å². The van der Waals surface area contributed by atoms with Crippen LogP contribution >= 0.6 is 11.8 Å². The van der Waals surface area contributed by atoms with Crippen LogP contribution in [0.15, 0.2) is 58.3 Å². The monoisotopic (exact) mass is 326 g/mol. The molecule has 0 amide bonds. The molecule has 0 aromatic heterocycles. The highest BCUT2D eigenvalue weighted by Gasteiger charge is 2.35. The first-order chi connectivity index (χ1) is 11.2. The molecule has 2 atom stereocenters. The average Bonchev–Trinajstić information content (AvgIpc) is 2.70. The van der Waals surface area contributed by atoms with Crippen molar-refractivity contribution < 1.29 is 5.11 Å². The molecule has 0 unspecified atom stereocenters. The van der Waals surface area contributed by atoms with E-state index in [0.717, 1.165) is 31.7 Å². The van der Waals surface area contributed by atoms with Crippen molar-refractivity contribution in [2.24, 2.45) is 0 Å². The van der Waals surface area contributed by atoms with Crippen LogP contribution in [0.3, 0.4) is 0 Å². The third-order valence-corrected chi connectivity index (χ3v) is 6.11. The zero-order valence-corrected chi connectivity index (χ0v) is 14.2. The molecule has 4 heteroatoms. The second kappa shape index (κ2) is 6.29. The van der Waals surface area contributed by atoms with Crippen LogP contribution in [0.2, 0.25) is 0 Å². The number of benzene rings is 2. The third-order valence-electron chi connectivity index (χ3n) is 4.93. The Bertz CT molecular complexity index is 697. The minimum atomic E-state index is -0.481. The first kappa shape index (κ1) is 15.2. The number of hydrogen-bond donors (Lipinski definition) is 1. The van der Waals surface area contributed by atoms with Crippen LogP contribution in [0.25, 0.3) is 0 Å². The molecule has 3 nitrogen and oxygen atoms in total. The molecule has 2 heterocycles. The smallest absolute Gasteiger partial charge is 0.0998 e. The van der Waals surface area contributed by atoms with E-state index in [1.807, 2.05) is 6.07 Å². The number of hydrogen-bond acceptors (Lipinski definition) is 4. The Morgan fingerprint density at radius 2 is 1.43 bits per heavy atom. The van der Waals surface area contributed by atoms with Gasteiger partial charge in [0.15, 0.2) is 0 Å². The number of rotatable bonds is 1. The van der Waals surface area contributed by atoms with Gasteiger partial charge in [0.25, 0.3) is 0 Å². The summed E-state index contributed by atoms with van der Waals surface area (Å²) in [4.78, 5) is 7.24. The first-order valence-corrected chi connectivity index (χ1v) is 9.02. The van der Waals surface area contributed by atoms with Gasteiger partial charge in [-0.05, 0) is 30.3 Å². The number of fused-ring (bicyclic) bond motifs is 2. The molecular formula is C19H22N2OS. The molecule has 0 aliphatic carbocycles. The second-order valence-electron chi connectivity index (χ2n) is 6.41. The van der Waals surface area contributed by atoms with E-state index in [0.29, 0.717) is 0 Å². The predicted molar refractivity (Wildman–Crippen MR) is 93.8 cm³/mol. The first-order valence-electron chi connectivity index (χ1n) is 8.20. The van der Waals surface area contributed by atoms with E-state index in [1.165, 1.54) is 15.4 Å². The van der Waals surface area contributed by atoms with Crippen molar-refractivity contribution in [2.45, 2.75) is 21.9 Å². The summed E-state index contributed by atoms with van der Waals surface area (Å²) in [6.07, 6.45) is -0.481. The van der Waals surface area contributed by atoms with E-state index in [-0.39, 0.29) is 6.04 Å². The Kier molecular flexibility index (Phi) is 4.16. The number of nitrogens with zero attached hydrogens (tertiary/aromatic N) is 2. The van der Waals surface area contributed by atoms with Crippen LogP contribution in [0.4, 0.5) is 0 Å². The Balaban J connectivity index is 1.79. The van der Waals surface area contributed by atoms with E-state index in [9.17, 15) is 5.11 Å². The quantitative estimate of drug-likeness (QED) is 0.871. The summed E-state index contributed by atoms with van der Waals surface area (Å²) in [6.45, 7) is 4.11. The summed E-state index contributed by atoms with van der Waals surface area (Å²) < 4.78 is 0. The van der Waals surface area contributed by atoms with Crippen molar-refractivity contribution in [3.8, 4) is 0 Å². The highest BCUT2D eigenvalue weighted by atomic mass is 32.2. The van der Waals surface area contributed by atoms with Gasteiger partial charge in [0.2, 0.25) is 0 Å². The normalized spacial score (nSPS) is 25.5. The van der Waals surface area contributed by atoms with E-state index in [2.05, 4.69) is 59.3 Å². The summed E-state index contributed by atoms with van der Waals surface area (Å²) in [5.41, 5.74) is 2.31. The Hall–Kier alpha value is -1.33. The van der Waals surface area contributed by atoms with Gasteiger partial charge < -0.3 is 10.0 Å². The lowest BCUT2D eigenvalue weighted by Crippen LogP contribution is -2.47. The van der Waals surface area contributed by atoms with Crippen LogP contribution in [0.1, 0.15) is 23.3 Å². The maximum absolute atomic E-state index is 11.2. The molecule has 0 spiro atoms. The van der Waals surface area contributed by atoms with Crippen molar-refractivity contribution >= 4 is 11.8 Å². The minimum Gasteiger partial charge on any atom is -0.386 e. The van der Waals surface area contributed by atoms with Crippen molar-refractivity contribution in [2.75, 3.05) is 33.2 Å². The largest absolute Gasteiger partial charge is 0.386 e. The Morgan fingerprint density at radius 3 is 2.13 bits per heavy atom. The minimum absolute atomic E-state index is 0.0380. The summed E-state index contributed by atoms with van der Waals surface area (Å²) in [7, 11) is 2.17. The van der Waals surface area contributed by atoms with Gasteiger partial charge in [-0.2, -0.15) is 0 Å². The third kappa shape index (κ3) is 2.81. The number of aliphatic hydroxyl groups is 1. The molecule has 1 fully saturated rings. The number of aliphatic hydroxyl groups excluding tert-OH is 1. The van der Waals surface area contributed by atoms with Crippen molar-refractivity contribution in [3.63, 3.8) is 0 Å². The SMILES string of the molecule is CN1CCN([C@@H]2c3ccccc3Sc3ccccc3[C@H]2O)CC1. The van der Waals surface area contributed by atoms with E-state index in [1.54, 1.807) is 11.8 Å². The van der Waals surface area contributed by atoms with Crippen LogP contribution in [-0.2, 0) is 0 Å². The maximum atomic E-state index is 11.2. The summed E-state index contributed by atoms with van der Waals surface area (Å²) in [6, 6.07) is 16.8. The lowest BCUT2D eigenvalue weighted by molar-refractivity contribution is 0.0195. The molecular weight excluding hydrogens is 304 g/mol. The molecule has 2 aliphatic rings. The molecule has 1 N–H and O–H groups in total. The molecule has 1 saturated heterocycles. The van der Waals surface area contributed by atoms with Gasteiger partial charge in [-0.3, -0.25) is 4.90 Å². The van der Waals surface area contributed by atoms with Gasteiger partial charge in [0.1, 0.15) is 0 Å². The molecule has 0 radical (unpaired) electrons. The maximum Gasteiger partial charge on any atom is 0.0998 e. The van der Waals surface area contributed by atoms with E-state index < -0.39 is 6.10 Å². The zero-order chi connectivity index (χ0) is 15.8. The molecule has 0 saturated carbocycles. The van der Waals surface area contributed by atoms with Crippen molar-refractivity contribution in [1.29, 1.82) is 0 Å². The summed E-state index contributed by atoms with van der Waals surface area (Å²) >= 11 is 1.78. The van der Waals surface area contributed by atoms with Crippen LogP contribution in [0.5, 0.6) is 0 Å². The van der Waals surface area contributed by atoms with Gasteiger partial charge in [0, 0.05) is 36.0 Å². The van der Waals surface area contributed by atoms with Crippen molar-refractivity contribution in [3.05, 3.63) is 59.7 Å². The fraction of sp³-hybridized carbons (Fsp3) is 0.368. The number of piperazine rings is 1. The standard InChI is InChI=1S/C19H22N2OS/c1-20-10-12-21(13-11-20)18-14-6-2-4-8-16(14)23-17-9-5-3-7-15(17)19(18)22/h2-9,18-19,22H,10-13H2,1H3/t18-,19-/m1/s1. The Morgan fingerprint density at radius 1 is 0.870 bits per heavy atom. The van der Waals surface area contributed by atoms with Gasteiger partial charge in [0.05, 0.1) is 12.1 Å². The second-order valence-corrected chi connectivity index (χ2v) is 7.49. The highest BCUT2D eigenvalue weighted by molar-refractivity contribution is 7.99. The summed E-state index contributed by atoms with van der Waals surface area (Å²) in [5.74, 6) is 0. The molecule has 23 heavy (non-hydrogen) atoms. The van der Waals surface area contributed by atoms with E-state index >= 15 is 0 Å². The van der Waals surface area contributed by atoms with Gasteiger partial charge >= 0.3 is 0 Å². The lowest BCUT2D eigenvalue weighted by Gasteiger charge is -2.40. The fourth-order valence-electron chi connectivity index (χ4n) is 3.59. The zero-order valence-electron chi connectivity index (χ0n) is 13.4. The predicted octanol–water partition coefficient (Wildman–Crippen LogP) is 3.17. The topological polar surface area (TPSA) is 26.7 Å². The highest BCUT2D eigenvalue weighted by Crippen LogP contribution is 2.47. The molecule has 0 bridgehead atoms. The molecule has 120 valence electrons. The van der Waals surface area contributed by atoms with Crippen LogP contribution in [-0.4, -0.2) is 48.1 Å². The lowest BCUT2D eigenvalue weighted by atomic mass is 9.94. The van der Waals surface area contributed by atoms with E-state index in [4.69, 9.17) is 0 Å². The number of likely N-dealkylation sites (N-methyl/N-ethyl adjacent to an activating group) is 1. The van der Waals surface area contributed by atoms with Gasteiger partial charge in [-0.15, -0.1) is 0 Å². The Labute approximate surface area is 141 Å². The van der Waals surface area contributed by atoms with Crippen LogP contribution < -0.4 is 0 Å². The molecule has 2 aliphatic heterocycles. The molecule has 2 aromatic carbocycles. The van der Waals surface area contributed by atoms with Gasteiger partial charge in [-0.1, -0.05) is 48.2 Å². The molecule has 4 rings (SSSR count). The van der Waals surface area contributed by atoms with Crippen LogP contribution in [0, 0.1) is 0 Å². The average molecular weight is 326 g/mol. The molecule has 2 aromatic rings. The van der Waals surface area contributed by atoms with Crippen molar-refractivity contribution in [1.82, 2.24) is 9.80 Å². The summed E-state index contributed by atoms with van der Waals surface area (Å²) in [5, 5.41) is 11.2. The fourth-order valence-corrected chi connectivity index (χ4v) is 4.73.